The standard InChI is InChI=1S/C16H15BrFNO/c1-2-10-20-15-9-4-3-6-12(15)11-19-16-13(17)7-5-8-14(16)18/h2-9,19H,1,10-11H2. The van der Waals surface area contributed by atoms with E-state index < -0.39 is 0 Å². The van der Waals surface area contributed by atoms with Crippen LogP contribution in [-0.2, 0) is 6.54 Å². The molecule has 0 radical (unpaired) electrons. The van der Waals surface area contributed by atoms with E-state index in [0.29, 0.717) is 23.3 Å². The lowest BCUT2D eigenvalue weighted by atomic mass is 10.2. The van der Waals surface area contributed by atoms with E-state index in [2.05, 4.69) is 27.8 Å². The maximum atomic E-state index is 13.7. The van der Waals surface area contributed by atoms with Crippen LogP contribution in [0.25, 0.3) is 0 Å². The smallest absolute Gasteiger partial charge is 0.147 e. The fourth-order valence-electron chi connectivity index (χ4n) is 1.79. The second kappa shape index (κ2) is 7.10. The number of rotatable bonds is 6. The maximum absolute atomic E-state index is 13.7. The number of anilines is 1. The molecule has 0 bridgehead atoms. The van der Waals surface area contributed by atoms with Crippen molar-refractivity contribution < 1.29 is 9.13 Å². The fourth-order valence-corrected chi connectivity index (χ4v) is 2.27. The topological polar surface area (TPSA) is 21.3 Å². The fraction of sp³-hybridized carbons (Fsp3) is 0.125. The van der Waals surface area contributed by atoms with Gasteiger partial charge in [-0.2, -0.15) is 0 Å². The van der Waals surface area contributed by atoms with Gasteiger partial charge in [-0.1, -0.05) is 36.9 Å². The third-order valence-corrected chi connectivity index (χ3v) is 3.41. The summed E-state index contributed by atoms with van der Waals surface area (Å²) in [6, 6.07) is 12.5. The largest absolute Gasteiger partial charge is 0.489 e. The van der Waals surface area contributed by atoms with Crippen molar-refractivity contribution in [1.82, 2.24) is 0 Å². The summed E-state index contributed by atoms with van der Waals surface area (Å²) >= 11 is 3.33. The molecular weight excluding hydrogens is 321 g/mol. The van der Waals surface area contributed by atoms with Gasteiger partial charge in [-0.25, -0.2) is 4.39 Å². The monoisotopic (exact) mass is 335 g/mol. The van der Waals surface area contributed by atoms with Gasteiger partial charge < -0.3 is 10.1 Å². The molecule has 1 N–H and O–H groups in total. The number of para-hydroxylation sites is 2. The lowest BCUT2D eigenvalue weighted by molar-refractivity contribution is 0.359. The molecule has 0 saturated carbocycles. The molecule has 0 unspecified atom stereocenters. The number of hydrogen-bond acceptors (Lipinski definition) is 2. The van der Waals surface area contributed by atoms with E-state index in [1.54, 1.807) is 18.2 Å². The Bertz CT molecular complexity index is 581. The average Bonchev–Trinajstić information content (AvgIpc) is 2.45. The lowest BCUT2D eigenvalue weighted by Crippen LogP contribution is -2.05. The van der Waals surface area contributed by atoms with Crippen LogP contribution < -0.4 is 10.1 Å². The molecule has 2 nitrogen and oxygen atoms in total. The van der Waals surface area contributed by atoms with Gasteiger partial charge in [-0.15, -0.1) is 0 Å². The summed E-state index contributed by atoms with van der Waals surface area (Å²) in [6.07, 6.45) is 1.69. The van der Waals surface area contributed by atoms with Crippen molar-refractivity contribution in [3.05, 3.63) is 71.0 Å². The zero-order valence-corrected chi connectivity index (χ0v) is 12.5. The molecular formula is C16H15BrFNO. The summed E-state index contributed by atoms with van der Waals surface area (Å²) in [4.78, 5) is 0. The first-order valence-electron chi connectivity index (χ1n) is 6.22. The van der Waals surface area contributed by atoms with Crippen molar-refractivity contribution in [3.63, 3.8) is 0 Å². The van der Waals surface area contributed by atoms with Crippen LogP contribution in [0.3, 0.4) is 0 Å². The van der Waals surface area contributed by atoms with Gasteiger partial charge in [0.2, 0.25) is 0 Å². The Kier molecular flexibility index (Phi) is 5.18. The zero-order valence-electron chi connectivity index (χ0n) is 10.9. The minimum absolute atomic E-state index is 0.288. The van der Waals surface area contributed by atoms with Gasteiger partial charge in [0, 0.05) is 16.6 Å². The van der Waals surface area contributed by atoms with Crippen LogP contribution >= 0.6 is 15.9 Å². The molecule has 2 aromatic rings. The Balaban J connectivity index is 2.13. The normalized spacial score (nSPS) is 10.1. The molecule has 0 spiro atoms. The van der Waals surface area contributed by atoms with E-state index >= 15 is 0 Å². The number of nitrogens with one attached hydrogen (secondary N) is 1. The highest BCUT2D eigenvalue weighted by molar-refractivity contribution is 9.10. The van der Waals surface area contributed by atoms with Crippen molar-refractivity contribution in [2.75, 3.05) is 11.9 Å². The molecule has 2 aromatic carbocycles. The van der Waals surface area contributed by atoms with Crippen LogP contribution in [0, 0.1) is 5.82 Å². The van der Waals surface area contributed by atoms with E-state index in [0.717, 1.165) is 11.3 Å². The van der Waals surface area contributed by atoms with Gasteiger partial charge in [0.1, 0.15) is 18.2 Å². The molecule has 0 aromatic heterocycles. The predicted octanol–water partition coefficient (Wildman–Crippen LogP) is 4.77. The van der Waals surface area contributed by atoms with Gasteiger partial charge in [-0.05, 0) is 34.1 Å². The molecule has 0 atom stereocenters. The molecule has 0 aliphatic rings. The van der Waals surface area contributed by atoms with Crippen LogP contribution in [0.4, 0.5) is 10.1 Å². The Morgan fingerprint density at radius 3 is 2.75 bits per heavy atom. The minimum Gasteiger partial charge on any atom is -0.489 e. The van der Waals surface area contributed by atoms with Gasteiger partial charge in [0.15, 0.2) is 0 Å². The number of benzene rings is 2. The first kappa shape index (κ1) is 14.6. The average molecular weight is 336 g/mol. The molecule has 0 aliphatic heterocycles. The van der Waals surface area contributed by atoms with Crippen LogP contribution in [0.5, 0.6) is 5.75 Å². The summed E-state index contributed by atoms with van der Waals surface area (Å²) in [7, 11) is 0. The van der Waals surface area contributed by atoms with Crippen LogP contribution in [-0.4, -0.2) is 6.61 Å². The van der Waals surface area contributed by atoms with Crippen molar-refractivity contribution in [2.24, 2.45) is 0 Å². The lowest BCUT2D eigenvalue weighted by Gasteiger charge is -2.13. The molecule has 0 fully saturated rings. The van der Waals surface area contributed by atoms with Gasteiger partial charge >= 0.3 is 0 Å². The van der Waals surface area contributed by atoms with Crippen LogP contribution in [0.2, 0.25) is 0 Å². The van der Waals surface area contributed by atoms with E-state index in [-0.39, 0.29) is 5.82 Å². The highest BCUT2D eigenvalue weighted by atomic mass is 79.9. The number of hydrogen-bond donors (Lipinski definition) is 1. The Morgan fingerprint density at radius 1 is 1.20 bits per heavy atom. The second-order valence-corrected chi connectivity index (χ2v) is 5.01. The first-order valence-corrected chi connectivity index (χ1v) is 7.01. The summed E-state index contributed by atoms with van der Waals surface area (Å²) in [5.41, 5.74) is 1.41. The molecule has 104 valence electrons. The van der Waals surface area contributed by atoms with Crippen molar-refractivity contribution >= 4 is 21.6 Å². The third kappa shape index (κ3) is 3.61. The van der Waals surface area contributed by atoms with Crippen LogP contribution in [0.1, 0.15) is 5.56 Å². The highest BCUT2D eigenvalue weighted by Crippen LogP contribution is 2.27. The summed E-state index contributed by atoms with van der Waals surface area (Å²) in [6.45, 7) is 4.55. The molecule has 0 heterocycles. The second-order valence-electron chi connectivity index (χ2n) is 4.16. The maximum Gasteiger partial charge on any atom is 0.147 e. The van der Waals surface area contributed by atoms with Gasteiger partial charge in [0.25, 0.3) is 0 Å². The summed E-state index contributed by atoms with van der Waals surface area (Å²) in [5, 5.41) is 3.09. The van der Waals surface area contributed by atoms with E-state index in [1.807, 2.05) is 24.3 Å². The molecule has 4 heteroatoms. The third-order valence-electron chi connectivity index (χ3n) is 2.75. The predicted molar refractivity (Wildman–Crippen MR) is 83.6 cm³/mol. The molecule has 2 rings (SSSR count). The van der Waals surface area contributed by atoms with E-state index in [1.165, 1.54) is 6.07 Å². The van der Waals surface area contributed by atoms with Gasteiger partial charge in [-0.3, -0.25) is 0 Å². The van der Waals surface area contributed by atoms with Crippen molar-refractivity contribution in [2.45, 2.75) is 6.54 Å². The van der Waals surface area contributed by atoms with Crippen molar-refractivity contribution in [3.8, 4) is 5.75 Å². The van der Waals surface area contributed by atoms with Gasteiger partial charge in [0.05, 0.1) is 5.69 Å². The SMILES string of the molecule is C=CCOc1ccccc1CNc1c(F)cccc1Br. The Labute approximate surface area is 126 Å². The number of halogens is 2. The number of ether oxygens (including phenoxy) is 1. The first-order chi connectivity index (χ1) is 9.72. The summed E-state index contributed by atoms with van der Waals surface area (Å²) < 4.78 is 20.0. The highest BCUT2D eigenvalue weighted by Gasteiger charge is 2.07. The minimum atomic E-state index is -0.288. The molecule has 0 amide bonds. The summed E-state index contributed by atoms with van der Waals surface area (Å²) in [5.74, 6) is 0.483. The molecule has 20 heavy (non-hydrogen) atoms. The Morgan fingerprint density at radius 2 is 2.00 bits per heavy atom. The van der Waals surface area contributed by atoms with Crippen LogP contribution in [0.15, 0.2) is 59.6 Å². The molecule has 0 saturated heterocycles. The Hall–Kier alpha value is -1.81. The zero-order chi connectivity index (χ0) is 14.4. The van der Waals surface area contributed by atoms with E-state index in [4.69, 9.17) is 4.74 Å². The van der Waals surface area contributed by atoms with Crippen molar-refractivity contribution in [1.29, 1.82) is 0 Å². The molecule has 0 aliphatic carbocycles. The van der Waals surface area contributed by atoms with E-state index in [9.17, 15) is 4.39 Å². The quantitative estimate of drug-likeness (QED) is 0.768.